The Morgan fingerprint density at radius 1 is 1.43 bits per heavy atom. The largest absolute Gasteiger partial charge is 0.388 e. The first-order valence-corrected chi connectivity index (χ1v) is 8.11. The number of carbonyl (C=O) groups is 1. The number of aliphatic hydroxyl groups excluding tert-OH is 1. The Balaban J connectivity index is 2.18. The molecule has 1 amide bonds. The van der Waals surface area contributed by atoms with Crippen molar-refractivity contribution in [1.82, 2.24) is 5.32 Å². The van der Waals surface area contributed by atoms with Gasteiger partial charge in [0.2, 0.25) is 5.91 Å². The topological polar surface area (TPSA) is 49.3 Å². The summed E-state index contributed by atoms with van der Waals surface area (Å²) in [6.45, 7) is 6.10. The molecular formula is C18H27NO2. The third kappa shape index (κ3) is 4.07. The Hall–Kier alpha value is -1.35. The van der Waals surface area contributed by atoms with Crippen molar-refractivity contribution in [3.05, 3.63) is 34.9 Å². The highest BCUT2D eigenvalue weighted by molar-refractivity contribution is 5.76. The van der Waals surface area contributed by atoms with E-state index in [4.69, 9.17) is 0 Å². The van der Waals surface area contributed by atoms with Gasteiger partial charge in [-0.05, 0) is 48.3 Å². The molecule has 21 heavy (non-hydrogen) atoms. The van der Waals surface area contributed by atoms with Crippen LogP contribution in [0.2, 0.25) is 0 Å². The summed E-state index contributed by atoms with van der Waals surface area (Å²) in [5.41, 5.74) is 3.47. The van der Waals surface area contributed by atoms with E-state index < -0.39 is 6.10 Å². The molecule has 1 aromatic rings. The predicted octanol–water partition coefficient (Wildman–Crippen LogP) is 3.67. The van der Waals surface area contributed by atoms with Gasteiger partial charge in [-0.25, -0.2) is 0 Å². The fourth-order valence-electron chi connectivity index (χ4n) is 3.03. The first-order valence-electron chi connectivity index (χ1n) is 8.11. The number of fused-ring (bicyclic) bond motifs is 1. The van der Waals surface area contributed by atoms with Gasteiger partial charge in [-0.15, -0.1) is 0 Å². The van der Waals surface area contributed by atoms with Crippen LogP contribution in [0.3, 0.4) is 0 Å². The summed E-state index contributed by atoms with van der Waals surface area (Å²) in [7, 11) is 0. The highest BCUT2D eigenvalue weighted by atomic mass is 16.3. The molecule has 0 heterocycles. The van der Waals surface area contributed by atoms with Crippen molar-refractivity contribution in [3.8, 4) is 0 Å². The van der Waals surface area contributed by atoms with Crippen LogP contribution in [0.1, 0.15) is 75.3 Å². The number of aliphatic hydroxyl groups is 1. The summed E-state index contributed by atoms with van der Waals surface area (Å²) in [6.07, 6.45) is 4.03. The molecule has 0 radical (unpaired) electrons. The van der Waals surface area contributed by atoms with Crippen molar-refractivity contribution >= 4 is 5.91 Å². The van der Waals surface area contributed by atoms with E-state index in [9.17, 15) is 9.90 Å². The van der Waals surface area contributed by atoms with Crippen LogP contribution in [-0.4, -0.2) is 11.0 Å². The molecule has 0 aliphatic heterocycles. The maximum Gasteiger partial charge on any atom is 0.220 e. The molecule has 0 spiro atoms. The lowest BCUT2D eigenvalue weighted by atomic mass is 9.85. The second-order valence-corrected chi connectivity index (χ2v) is 6.49. The van der Waals surface area contributed by atoms with Gasteiger partial charge in [0.1, 0.15) is 0 Å². The van der Waals surface area contributed by atoms with Gasteiger partial charge in [-0.2, -0.15) is 0 Å². The van der Waals surface area contributed by atoms with E-state index in [0.29, 0.717) is 18.8 Å². The molecule has 116 valence electrons. The molecule has 3 heteroatoms. The van der Waals surface area contributed by atoms with Crippen LogP contribution in [0.15, 0.2) is 18.2 Å². The highest BCUT2D eigenvalue weighted by Gasteiger charge is 2.23. The Kier molecular flexibility index (Phi) is 5.40. The van der Waals surface area contributed by atoms with Crippen LogP contribution >= 0.6 is 0 Å². The molecule has 0 saturated heterocycles. The minimum atomic E-state index is -0.413. The van der Waals surface area contributed by atoms with Crippen LogP contribution in [0.4, 0.5) is 0 Å². The SMILES string of the molecule is CCC(O)c1ccc2c(c1)C(NC(=O)CC(C)C)CCC2. The van der Waals surface area contributed by atoms with Gasteiger partial charge >= 0.3 is 0 Å². The van der Waals surface area contributed by atoms with E-state index in [1.165, 1.54) is 11.1 Å². The Labute approximate surface area is 127 Å². The lowest BCUT2D eigenvalue weighted by Gasteiger charge is -2.28. The second kappa shape index (κ2) is 7.08. The molecule has 2 atom stereocenters. The molecule has 1 aromatic carbocycles. The first kappa shape index (κ1) is 16.0. The number of hydrogen-bond donors (Lipinski definition) is 2. The summed E-state index contributed by atoms with van der Waals surface area (Å²) in [5.74, 6) is 0.505. The van der Waals surface area contributed by atoms with Gasteiger partial charge in [-0.3, -0.25) is 4.79 Å². The van der Waals surface area contributed by atoms with Gasteiger partial charge < -0.3 is 10.4 Å². The van der Waals surface area contributed by atoms with Crippen molar-refractivity contribution in [2.75, 3.05) is 0 Å². The molecule has 1 aliphatic carbocycles. The Bertz CT molecular complexity index is 496. The van der Waals surface area contributed by atoms with Gasteiger partial charge in [0.15, 0.2) is 0 Å². The third-order valence-corrected chi connectivity index (χ3v) is 4.18. The number of hydrogen-bond acceptors (Lipinski definition) is 2. The monoisotopic (exact) mass is 289 g/mol. The number of benzene rings is 1. The van der Waals surface area contributed by atoms with E-state index in [2.05, 4.69) is 31.3 Å². The van der Waals surface area contributed by atoms with Crippen LogP contribution in [-0.2, 0) is 11.2 Å². The minimum Gasteiger partial charge on any atom is -0.388 e. The summed E-state index contributed by atoms with van der Waals surface area (Å²) >= 11 is 0. The summed E-state index contributed by atoms with van der Waals surface area (Å²) in [5, 5.41) is 13.2. The van der Waals surface area contributed by atoms with Crippen LogP contribution in [0, 0.1) is 5.92 Å². The normalized spacial score (nSPS) is 19.2. The van der Waals surface area contributed by atoms with E-state index in [-0.39, 0.29) is 11.9 Å². The third-order valence-electron chi connectivity index (χ3n) is 4.18. The molecule has 2 N–H and O–H groups in total. The smallest absolute Gasteiger partial charge is 0.220 e. The molecule has 2 unspecified atom stereocenters. The Morgan fingerprint density at radius 3 is 2.86 bits per heavy atom. The van der Waals surface area contributed by atoms with Crippen molar-refractivity contribution in [2.45, 2.75) is 65.0 Å². The quantitative estimate of drug-likeness (QED) is 0.869. The number of rotatable bonds is 5. The summed E-state index contributed by atoms with van der Waals surface area (Å²) in [6, 6.07) is 6.32. The fraction of sp³-hybridized carbons (Fsp3) is 0.611. The number of amides is 1. The summed E-state index contributed by atoms with van der Waals surface area (Å²) < 4.78 is 0. The lowest BCUT2D eigenvalue weighted by Crippen LogP contribution is -2.31. The molecule has 0 fully saturated rings. The van der Waals surface area contributed by atoms with Crippen molar-refractivity contribution in [1.29, 1.82) is 0 Å². The van der Waals surface area contributed by atoms with Crippen LogP contribution in [0.25, 0.3) is 0 Å². The number of nitrogens with one attached hydrogen (secondary N) is 1. The van der Waals surface area contributed by atoms with Gasteiger partial charge in [0.05, 0.1) is 12.1 Å². The van der Waals surface area contributed by atoms with E-state index in [1.807, 2.05) is 13.0 Å². The van der Waals surface area contributed by atoms with Crippen molar-refractivity contribution in [3.63, 3.8) is 0 Å². The Morgan fingerprint density at radius 2 is 2.19 bits per heavy atom. The van der Waals surface area contributed by atoms with E-state index >= 15 is 0 Å². The van der Waals surface area contributed by atoms with Gasteiger partial charge in [-0.1, -0.05) is 39.0 Å². The average Bonchev–Trinajstić information content (AvgIpc) is 2.45. The molecule has 0 bridgehead atoms. The zero-order valence-corrected chi connectivity index (χ0v) is 13.4. The number of aryl methyl sites for hydroxylation is 1. The molecule has 3 nitrogen and oxygen atoms in total. The van der Waals surface area contributed by atoms with E-state index in [0.717, 1.165) is 24.8 Å². The van der Waals surface area contributed by atoms with Crippen molar-refractivity contribution in [2.24, 2.45) is 5.92 Å². The van der Waals surface area contributed by atoms with Crippen molar-refractivity contribution < 1.29 is 9.90 Å². The molecule has 1 aliphatic rings. The second-order valence-electron chi connectivity index (χ2n) is 6.49. The average molecular weight is 289 g/mol. The molecule has 0 saturated carbocycles. The molecule has 0 aromatic heterocycles. The van der Waals surface area contributed by atoms with Gasteiger partial charge in [0.25, 0.3) is 0 Å². The minimum absolute atomic E-state index is 0.101. The highest BCUT2D eigenvalue weighted by Crippen LogP contribution is 2.32. The number of carbonyl (C=O) groups excluding carboxylic acids is 1. The predicted molar refractivity (Wildman–Crippen MR) is 85.0 cm³/mol. The van der Waals surface area contributed by atoms with Crippen LogP contribution in [0.5, 0.6) is 0 Å². The standard InChI is InChI=1S/C18H27NO2/c1-4-17(20)14-9-8-13-6-5-7-16(15(13)11-14)19-18(21)10-12(2)3/h8-9,11-12,16-17,20H,4-7,10H2,1-3H3,(H,19,21). The fourth-order valence-corrected chi connectivity index (χ4v) is 3.03. The zero-order chi connectivity index (χ0) is 15.4. The van der Waals surface area contributed by atoms with E-state index in [1.54, 1.807) is 0 Å². The molecular weight excluding hydrogens is 262 g/mol. The lowest BCUT2D eigenvalue weighted by molar-refractivity contribution is -0.122. The van der Waals surface area contributed by atoms with Crippen LogP contribution < -0.4 is 5.32 Å². The zero-order valence-electron chi connectivity index (χ0n) is 13.4. The van der Waals surface area contributed by atoms with Gasteiger partial charge in [0, 0.05) is 6.42 Å². The first-order chi connectivity index (χ1) is 10.0. The maximum absolute atomic E-state index is 12.0. The molecule has 2 rings (SSSR count). The maximum atomic E-state index is 12.0. The summed E-state index contributed by atoms with van der Waals surface area (Å²) in [4.78, 5) is 12.0.